The van der Waals surface area contributed by atoms with E-state index < -0.39 is 25.5 Å². The van der Waals surface area contributed by atoms with Crippen molar-refractivity contribution in [3.8, 4) is 5.75 Å². The predicted octanol–water partition coefficient (Wildman–Crippen LogP) is 3.06. The summed E-state index contributed by atoms with van der Waals surface area (Å²) in [6.45, 7) is 0. The zero-order valence-electron chi connectivity index (χ0n) is 11.3. The molecule has 0 saturated heterocycles. The molecule has 0 heterocycles. The molecule has 0 radical (unpaired) electrons. The van der Waals surface area contributed by atoms with Crippen molar-refractivity contribution in [2.45, 2.75) is 4.90 Å². The number of sulfonamides is 1. The van der Waals surface area contributed by atoms with Gasteiger partial charge in [-0.25, -0.2) is 8.42 Å². The summed E-state index contributed by atoms with van der Waals surface area (Å²) in [6, 6.07) is 9.44. The molecule has 0 fully saturated rings. The fourth-order valence-electron chi connectivity index (χ4n) is 1.74. The average Bonchev–Trinajstić information content (AvgIpc) is 2.49. The number of para-hydroxylation sites is 1. The number of anilines is 1. The van der Waals surface area contributed by atoms with E-state index in [0.29, 0.717) is 5.75 Å². The van der Waals surface area contributed by atoms with Gasteiger partial charge >= 0.3 is 0 Å². The van der Waals surface area contributed by atoms with Crippen LogP contribution < -0.4 is 9.46 Å². The molecular weight excluding hydrogens is 332 g/mol. The van der Waals surface area contributed by atoms with Crippen LogP contribution in [0.5, 0.6) is 5.75 Å². The van der Waals surface area contributed by atoms with E-state index in [1.165, 1.54) is 31.4 Å². The highest BCUT2D eigenvalue weighted by molar-refractivity contribution is 7.92. The molecule has 0 aliphatic carbocycles. The molecule has 7 nitrogen and oxygen atoms in total. The number of benzene rings is 2. The van der Waals surface area contributed by atoms with Crippen LogP contribution in [-0.4, -0.2) is 20.5 Å². The number of rotatable bonds is 5. The second kappa shape index (κ2) is 6.20. The second-order valence-electron chi connectivity index (χ2n) is 4.18. The molecule has 0 amide bonds. The Labute approximate surface area is 131 Å². The van der Waals surface area contributed by atoms with Gasteiger partial charge in [-0.15, -0.1) is 0 Å². The van der Waals surface area contributed by atoms with E-state index >= 15 is 0 Å². The van der Waals surface area contributed by atoms with Crippen LogP contribution in [0, 0.1) is 10.1 Å². The van der Waals surface area contributed by atoms with Crippen LogP contribution in [0.1, 0.15) is 0 Å². The van der Waals surface area contributed by atoms with Crippen LogP contribution in [0.15, 0.2) is 47.4 Å². The summed E-state index contributed by atoms with van der Waals surface area (Å²) in [6.07, 6.45) is 0. The maximum absolute atomic E-state index is 12.4. The van der Waals surface area contributed by atoms with Crippen molar-refractivity contribution in [3.05, 3.63) is 57.6 Å². The molecule has 9 heteroatoms. The number of hydrogen-bond donors (Lipinski definition) is 1. The molecule has 0 aliphatic rings. The first-order chi connectivity index (χ1) is 10.3. The summed E-state index contributed by atoms with van der Waals surface area (Å²) < 4.78 is 31.9. The Kier molecular flexibility index (Phi) is 4.53. The van der Waals surface area contributed by atoms with Crippen molar-refractivity contribution >= 4 is 33.0 Å². The number of nitrogens with one attached hydrogen (secondary N) is 1. The first-order valence-electron chi connectivity index (χ1n) is 5.95. The number of nitro benzene ring substituents is 1. The number of methoxy groups -OCH3 is 1. The Bertz CT molecular complexity index is 823. The quantitative estimate of drug-likeness (QED) is 0.665. The summed E-state index contributed by atoms with van der Waals surface area (Å²) in [5, 5.41) is 11.1. The fraction of sp³-hybridized carbons (Fsp3) is 0.0769. The van der Waals surface area contributed by atoms with Crippen molar-refractivity contribution in [2.24, 2.45) is 0 Å². The van der Waals surface area contributed by atoms with Gasteiger partial charge in [0.05, 0.1) is 22.7 Å². The van der Waals surface area contributed by atoms with Gasteiger partial charge in [-0.3, -0.25) is 14.8 Å². The predicted molar refractivity (Wildman–Crippen MR) is 81.9 cm³/mol. The van der Waals surface area contributed by atoms with Crippen molar-refractivity contribution in [2.75, 3.05) is 11.8 Å². The van der Waals surface area contributed by atoms with Gasteiger partial charge in [-0.05, 0) is 18.2 Å². The maximum atomic E-state index is 12.4. The van der Waals surface area contributed by atoms with Gasteiger partial charge in [0.25, 0.3) is 15.7 Å². The Morgan fingerprint density at radius 1 is 1.23 bits per heavy atom. The second-order valence-corrected chi connectivity index (χ2v) is 6.23. The van der Waals surface area contributed by atoms with Gasteiger partial charge in [-0.2, -0.15) is 0 Å². The molecular formula is C13H11ClN2O5S. The first kappa shape index (κ1) is 16.1. The van der Waals surface area contributed by atoms with E-state index in [1.54, 1.807) is 6.07 Å². The smallest absolute Gasteiger partial charge is 0.289 e. The molecule has 0 atom stereocenters. The number of halogens is 1. The Balaban J connectivity index is 2.47. The molecule has 0 saturated carbocycles. The molecule has 0 aromatic heterocycles. The van der Waals surface area contributed by atoms with Crippen molar-refractivity contribution in [3.63, 3.8) is 0 Å². The minimum atomic E-state index is -4.17. The van der Waals surface area contributed by atoms with E-state index in [1.807, 2.05) is 0 Å². The molecule has 2 aromatic rings. The lowest BCUT2D eigenvalue weighted by molar-refractivity contribution is -0.387. The minimum absolute atomic E-state index is 0.0687. The van der Waals surface area contributed by atoms with Crippen molar-refractivity contribution in [1.29, 1.82) is 0 Å². The molecule has 116 valence electrons. The van der Waals surface area contributed by atoms with Crippen LogP contribution >= 0.6 is 11.6 Å². The van der Waals surface area contributed by atoms with E-state index in [0.717, 1.165) is 12.1 Å². The summed E-state index contributed by atoms with van der Waals surface area (Å²) in [4.78, 5) is 9.75. The Morgan fingerprint density at radius 3 is 2.55 bits per heavy atom. The van der Waals surface area contributed by atoms with Crippen LogP contribution in [0.4, 0.5) is 11.4 Å². The molecule has 0 unspecified atom stereocenters. The van der Waals surface area contributed by atoms with Crippen LogP contribution in [0.2, 0.25) is 5.02 Å². The number of hydrogen-bond acceptors (Lipinski definition) is 5. The van der Waals surface area contributed by atoms with Gasteiger partial charge in [-0.1, -0.05) is 23.7 Å². The van der Waals surface area contributed by atoms with E-state index in [2.05, 4.69) is 4.72 Å². The molecule has 0 bridgehead atoms. The van der Waals surface area contributed by atoms with E-state index in [4.69, 9.17) is 16.3 Å². The van der Waals surface area contributed by atoms with Crippen molar-refractivity contribution in [1.82, 2.24) is 0 Å². The largest absolute Gasteiger partial charge is 0.497 e. The molecule has 2 rings (SSSR count). The van der Waals surface area contributed by atoms with Crippen LogP contribution in [-0.2, 0) is 10.0 Å². The summed E-state index contributed by atoms with van der Waals surface area (Å²) in [5.74, 6) is 0.393. The van der Waals surface area contributed by atoms with Gasteiger partial charge in [0.15, 0.2) is 4.90 Å². The van der Waals surface area contributed by atoms with E-state index in [9.17, 15) is 18.5 Å². The van der Waals surface area contributed by atoms with Gasteiger partial charge in [0.2, 0.25) is 0 Å². The standard InChI is InChI=1S/C13H11ClN2O5S/c1-21-9-6-7-10(14)11(8-9)15-22(19,20)13-5-3-2-4-12(13)16(17)18/h2-8,15H,1H3. The molecule has 22 heavy (non-hydrogen) atoms. The third-order valence-electron chi connectivity index (χ3n) is 2.77. The summed E-state index contributed by atoms with van der Waals surface area (Å²) in [5.41, 5.74) is -0.451. The van der Waals surface area contributed by atoms with E-state index in [-0.39, 0.29) is 10.7 Å². The topological polar surface area (TPSA) is 98.5 Å². The molecule has 0 spiro atoms. The Hall–Kier alpha value is -2.32. The zero-order valence-corrected chi connectivity index (χ0v) is 12.9. The highest BCUT2D eigenvalue weighted by Gasteiger charge is 2.25. The molecule has 1 N–H and O–H groups in total. The number of nitrogens with zero attached hydrogens (tertiary/aromatic N) is 1. The zero-order chi connectivity index (χ0) is 16.3. The fourth-order valence-corrected chi connectivity index (χ4v) is 3.21. The summed E-state index contributed by atoms with van der Waals surface area (Å²) in [7, 11) is -2.75. The van der Waals surface area contributed by atoms with Crippen molar-refractivity contribution < 1.29 is 18.1 Å². The number of nitro groups is 1. The first-order valence-corrected chi connectivity index (χ1v) is 7.81. The highest BCUT2D eigenvalue weighted by atomic mass is 35.5. The van der Waals surface area contributed by atoms with Gasteiger partial charge < -0.3 is 4.74 Å². The Morgan fingerprint density at radius 2 is 1.91 bits per heavy atom. The molecule has 0 aliphatic heterocycles. The SMILES string of the molecule is COc1ccc(Cl)c(NS(=O)(=O)c2ccccc2[N+](=O)[O-])c1. The van der Waals surface area contributed by atoms with Gasteiger partial charge in [0.1, 0.15) is 5.75 Å². The van der Waals surface area contributed by atoms with Crippen LogP contribution in [0.3, 0.4) is 0 Å². The maximum Gasteiger partial charge on any atom is 0.289 e. The lowest BCUT2D eigenvalue weighted by Crippen LogP contribution is -2.15. The number of ether oxygens (including phenoxy) is 1. The summed E-state index contributed by atoms with van der Waals surface area (Å²) >= 11 is 5.93. The van der Waals surface area contributed by atoms with Gasteiger partial charge in [0, 0.05) is 12.1 Å². The minimum Gasteiger partial charge on any atom is -0.497 e. The lowest BCUT2D eigenvalue weighted by Gasteiger charge is -2.11. The third kappa shape index (κ3) is 3.29. The average molecular weight is 343 g/mol. The molecule has 2 aromatic carbocycles. The lowest BCUT2D eigenvalue weighted by atomic mass is 10.3. The third-order valence-corrected chi connectivity index (χ3v) is 4.51. The van der Waals surface area contributed by atoms with Crippen LogP contribution in [0.25, 0.3) is 0 Å². The normalized spacial score (nSPS) is 11.0. The monoisotopic (exact) mass is 342 g/mol. The highest BCUT2D eigenvalue weighted by Crippen LogP contribution is 2.31.